The maximum Gasteiger partial charge on any atom is 0.260 e. The van der Waals surface area contributed by atoms with Gasteiger partial charge in [0.15, 0.2) is 11.6 Å². The summed E-state index contributed by atoms with van der Waals surface area (Å²) in [5.41, 5.74) is 5.27. The van der Waals surface area contributed by atoms with Crippen LogP contribution in [0.1, 0.15) is 35.4 Å². The Morgan fingerprint density at radius 3 is 2.27 bits per heavy atom. The third-order valence-corrected chi connectivity index (χ3v) is 11.5. The van der Waals surface area contributed by atoms with Crippen LogP contribution in [-0.2, 0) is 24.6 Å². The van der Waals surface area contributed by atoms with Crippen molar-refractivity contribution in [1.82, 2.24) is 5.01 Å². The highest BCUT2D eigenvalue weighted by Crippen LogP contribution is 2.64. The van der Waals surface area contributed by atoms with Gasteiger partial charge in [-0.25, -0.2) is 4.39 Å². The zero-order chi connectivity index (χ0) is 34.2. The van der Waals surface area contributed by atoms with E-state index in [0.29, 0.717) is 22.5 Å². The summed E-state index contributed by atoms with van der Waals surface area (Å²) in [6.07, 6.45) is 2.32. The molecule has 49 heavy (non-hydrogen) atoms. The Kier molecular flexibility index (Phi) is 7.47. The standard InChI is InChI=1S/C39H31FIN3O5/c1-21-7-12-25(13-8-21)42-44-36(47)30-20-29-27(16-17-28-33(29)37(48)43(35(28)46)26-14-10-24(41)11-15-26)34(22-9-18-32(45)31(40)19-22)39(30,38(44)49)23-5-3-2-4-6-23/h2-16,18-19,28-30,33-34,42,45H,17,20H2,1H3/t28-,29+,30-,33-,34-,39+/m0/s1. The lowest BCUT2D eigenvalue weighted by atomic mass is 9.49. The van der Waals surface area contributed by atoms with E-state index in [1.165, 1.54) is 17.0 Å². The number of fused-ring (bicyclic) bond motifs is 4. The second kappa shape index (κ2) is 11.6. The molecule has 8 nitrogen and oxygen atoms in total. The minimum absolute atomic E-state index is 0.134. The fraction of sp³-hybridized carbons (Fsp3) is 0.231. The van der Waals surface area contributed by atoms with E-state index in [1.807, 2.05) is 55.5 Å². The summed E-state index contributed by atoms with van der Waals surface area (Å²) < 4.78 is 16.2. The molecule has 8 rings (SSSR count). The number of allylic oxidation sites excluding steroid dienone is 2. The molecular formula is C39H31FIN3O5. The molecule has 0 bridgehead atoms. The molecule has 2 saturated heterocycles. The highest BCUT2D eigenvalue weighted by Gasteiger charge is 2.70. The van der Waals surface area contributed by atoms with Crippen LogP contribution in [0.25, 0.3) is 0 Å². The van der Waals surface area contributed by atoms with Crippen LogP contribution in [0.15, 0.2) is 109 Å². The maximum atomic E-state index is 15.2. The van der Waals surface area contributed by atoms with Gasteiger partial charge in [-0.2, -0.15) is 5.01 Å². The number of nitrogens with one attached hydrogen (secondary N) is 1. The number of phenolic OH excluding ortho intramolecular Hbond substituents is 1. The Morgan fingerprint density at radius 1 is 0.857 bits per heavy atom. The molecule has 1 saturated carbocycles. The number of hydrazine groups is 1. The van der Waals surface area contributed by atoms with E-state index >= 15 is 9.18 Å². The summed E-state index contributed by atoms with van der Waals surface area (Å²) in [6, 6.07) is 27.6. The van der Waals surface area contributed by atoms with Crippen LogP contribution in [0.4, 0.5) is 15.8 Å². The fourth-order valence-electron chi connectivity index (χ4n) is 8.67. The number of aryl methyl sites for hydroxylation is 1. The number of imide groups is 2. The molecule has 0 unspecified atom stereocenters. The minimum atomic E-state index is -1.52. The first kappa shape index (κ1) is 31.4. The van der Waals surface area contributed by atoms with Gasteiger partial charge >= 0.3 is 0 Å². The molecule has 0 radical (unpaired) electrons. The van der Waals surface area contributed by atoms with Gasteiger partial charge in [-0.05, 0) is 108 Å². The lowest BCUT2D eigenvalue weighted by Gasteiger charge is -2.50. The Balaban J connectivity index is 1.32. The predicted molar refractivity (Wildman–Crippen MR) is 189 cm³/mol. The van der Waals surface area contributed by atoms with E-state index < -0.39 is 58.4 Å². The molecule has 0 aromatic heterocycles. The Morgan fingerprint density at radius 2 is 1.57 bits per heavy atom. The van der Waals surface area contributed by atoms with Crippen LogP contribution >= 0.6 is 22.6 Å². The average molecular weight is 768 g/mol. The topological polar surface area (TPSA) is 107 Å². The van der Waals surface area contributed by atoms with Gasteiger partial charge < -0.3 is 5.11 Å². The number of nitrogens with zero attached hydrogens (tertiary/aromatic N) is 2. The van der Waals surface area contributed by atoms with Crippen molar-refractivity contribution in [3.8, 4) is 5.75 Å². The zero-order valence-corrected chi connectivity index (χ0v) is 28.5. The normalized spacial score (nSPS) is 27.5. The number of aromatic hydroxyl groups is 1. The number of rotatable bonds is 5. The van der Waals surface area contributed by atoms with Gasteiger partial charge in [0.2, 0.25) is 11.8 Å². The molecule has 2 aliphatic carbocycles. The quantitative estimate of drug-likeness (QED) is 0.134. The van der Waals surface area contributed by atoms with Crippen LogP contribution in [-0.4, -0.2) is 33.7 Å². The summed E-state index contributed by atoms with van der Waals surface area (Å²) in [5.74, 6) is -6.85. The van der Waals surface area contributed by atoms with Gasteiger partial charge in [-0.3, -0.25) is 29.5 Å². The largest absolute Gasteiger partial charge is 0.505 e. The van der Waals surface area contributed by atoms with Crippen LogP contribution in [0.3, 0.4) is 0 Å². The highest BCUT2D eigenvalue weighted by molar-refractivity contribution is 14.1. The molecule has 3 fully saturated rings. The molecule has 246 valence electrons. The first-order chi connectivity index (χ1) is 23.6. The smallest absolute Gasteiger partial charge is 0.260 e. The van der Waals surface area contributed by atoms with Gasteiger partial charge in [-0.15, -0.1) is 0 Å². The summed E-state index contributed by atoms with van der Waals surface area (Å²) in [4.78, 5) is 59.3. The third kappa shape index (κ3) is 4.67. The fourth-order valence-corrected chi connectivity index (χ4v) is 9.03. The van der Waals surface area contributed by atoms with Gasteiger partial charge in [0.25, 0.3) is 11.8 Å². The van der Waals surface area contributed by atoms with Crippen molar-refractivity contribution >= 4 is 57.6 Å². The molecule has 6 atom stereocenters. The Bertz CT molecular complexity index is 2070. The van der Waals surface area contributed by atoms with Crippen LogP contribution < -0.4 is 10.3 Å². The van der Waals surface area contributed by atoms with Crippen molar-refractivity contribution in [2.45, 2.75) is 31.1 Å². The second-order valence-electron chi connectivity index (χ2n) is 13.3. The number of halogens is 2. The number of amides is 4. The van der Waals surface area contributed by atoms with E-state index in [9.17, 15) is 19.5 Å². The third-order valence-electron chi connectivity index (χ3n) is 10.8. The number of hydrogen-bond acceptors (Lipinski definition) is 6. The molecule has 4 aromatic rings. The summed E-state index contributed by atoms with van der Waals surface area (Å²) in [5, 5.41) is 11.3. The zero-order valence-electron chi connectivity index (χ0n) is 26.3. The van der Waals surface area contributed by atoms with Crippen molar-refractivity contribution in [2.75, 3.05) is 10.3 Å². The summed E-state index contributed by atoms with van der Waals surface area (Å²) in [7, 11) is 0. The highest BCUT2D eigenvalue weighted by atomic mass is 127. The van der Waals surface area contributed by atoms with Gasteiger partial charge in [0, 0.05) is 9.49 Å². The molecule has 4 amide bonds. The first-order valence-corrected chi connectivity index (χ1v) is 17.3. The van der Waals surface area contributed by atoms with Gasteiger partial charge in [0.05, 0.1) is 34.5 Å². The molecule has 10 heteroatoms. The molecule has 2 heterocycles. The lowest BCUT2D eigenvalue weighted by molar-refractivity contribution is -0.138. The number of benzene rings is 4. The maximum absolute atomic E-state index is 15.2. The molecule has 2 N–H and O–H groups in total. The summed E-state index contributed by atoms with van der Waals surface area (Å²) >= 11 is 2.17. The van der Waals surface area contributed by atoms with Crippen molar-refractivity contribution in [3.05, 3.63) is 135 Å². The number of carbonyl (C=O) groups excluding carboxylic acids is 4. The van der Waals surface area contributed by atoms with E-state index in [4.69, 9.17) is 0 Å². The first-order valence-electron chi connectivity index (χ1n) is 16.2. The van der Waals surface area contributed by atoms with Crippen molar-refractivity contribution in [3.63, 3.8) is 0 Å². The Labute approximate surface area is 295 Å². The van der Waals surface area contributed by atoms with Crippen LogP contribution in [0.2, 0.25) is 0 Å². The van der Waals surface area contributed by atoms with E-state index in [1.54, 1.807) is 42.5 Å². The number of hydrogen-bond donors (Lipinski definition) is 2. The second-order valence-corrected chi connectivity index (χ2v) is 14.5. The number of anilines is 2. The average Bonchev–Trinajstić information content (AvgIpc) is 3.48. The van der Waals surface area contributed by atoms with Gasteiger partial charge in [-0.1, -0.05) is 65.7 Å². The van der Waals surface area contributed by atoms with Crippen LogP contribution in [0, 0.1) is 40.0 Å². The SMILES string of the molecule is Cc1ccc(NN2C(=O)[C@@H]3C[C@@H]4C(=CC[C@@H]5C(=O)N(c6ccc(I)cc6)C(=O)[C@@H]54)[C@H](c4ccc(O)c(F)c4)[C@]3(c3ccccc3)C2=O)cc1. The van der Waals surface area contributed by atoms with E-state index in [-0.39, 0.29) is 24.7 Å². The van der Waals surface area contributed by atoms with Crippen molar-refractivity contribution < 1.29 is 28.7 Å². The van der Waals surface area contributed by atoms with E-state index in [0.717, 1.165) is 19.7 Å². The number of phenols is 1. The monoisotopic (exact) mass is 767 g/mol. The number of carbonyl (C=O) groups is 4. The van der Waals surface area contributed by atoms with Crippen molar-refractivity contribution in [2.24, 2.45) is 23.7 Å². The molecule has 4 aromatic carbocycles. The molecule has 2 aliphatic heterocycles. The predicted octanol–water partition coefficient (Wildman–Crippen LogP) is 6.63. The minimum Gasteiger partial charge on any atom is -0.505 e. The van der Waals surface area contributed by atoms with E-state index in [2.05, 4.69) is 28.0 Å². The van der Waals surface area contributed by atoms with Crippen LogP contribution in [0.5, 0.6) is 5.75 Å². The summed E-state index contributed by atoms with van der Waals surface area (Å²) in [6.45, 7) is 1.94. The Hall–Kier alpha value is -4.84. The molecular weight excluding hydrogens is 736 g/mol. The van der Waals surface area contributed by atoms with Gasteiger partial charge in [0.1, 0.15) is 0 Å². The van der Waals surface area contributed by atoms with Crippen molar-refractivity contribution in [1.29, 1.82) is 0 Å². The molecule has 4 aliphatic rings. The molecule has 0 spiro atoms. The lowest BCUT2D eigenvalue weighted by Crippen LogP contribution is -2.53.